The van der Waals surface area contributed by atoms with Crippen molar-refractivity contribution < 1.29 is 4.79 Å². The van der Waals surface area contributed by atoms with E-state index < -0.39 is 0 Å². The maximum absolute atomic E-state index is 11.9. The summed E-state index contributed by atoms with van der Waals surface area (Å²) < 4.78 is 1.92. The van der Waals surface area contributed by atoms with Gasteiger partial charge in [-0.1, -0.05) is 55.9 Å². The molecule has 1 aromatic carbocycles. The summed E-state index contributed by atoms with van der Waals surface area (Å²) in [4.78, 5) is 11.9. The van der Waals surface area contributed by atoms with Crippen LogP contribution in [0.3, 0.4) is 0 Å². The van der Waals surface area contributed by atoms with Crippen LogP contribution in [0.15, 0.2) is 35.5 Å². The first-order valence-corrected chi connectivity index (χ1v) is 8.34. The average Bonchev–Trinajstić information content (AvgIpc) is 2.87. The van der Waals surface area contributed by atoms with Gasteiger partial charge in [0.05, 0.1) is 5.75 Å². The maximum atomic E-state index is 11.9. The van der Waals surface area contributed by atoms with E-state index >= 15 is 0 Å². The molecule has 1 unspecified atom stereocenters. The van der Waals surface area contributed by atoms with Crippen LogP contribution in [0.2, 0.25) is 0 Å². The lowest BCUT2D eigenvalue weighted by Gasteiger charge is -2.17. The second kappa shape index (κ2) is 7.45. The number of hydrogen-bond donors (Lipinski definition) is 1. The van der Waals surface area contributed by atoms with Gasteiger partial charge in [0.15, 0.2) is 11.0 Å². The van der Waals surface area contributed by atoms with Crippen molar-refractivity contribution >= 4 is 17.7 Å². The molecule has 118 valence electrons. The molecule has 1 amide bonds. The number of benzene rings is 1. The van der Waals surface area contributed by atoms with Gasteiger partial charge in [-0.2, -0.15) is 0 Å². The number of amides is 1. The number of carbonyl (C=O) groups excluding carboxylic acids is 1. The van der Waals surface area contributed by atoms with Crippen LogP contribution < -0.4 is 5.32 Å². The third-order valence-electron chi connectivity index (χ3n) is 3.59. The third-order valence-corrected chi connectivity index (χ3v) is 4.61. The molecule has 2 aromatic rings. The number of nitrogens with zero attached hydrogens (tertiary/aromatic N) is 3. The van der Waals surface area contributed by atoms with Crippen LogP contribution in [-0.4, -0.2) is 32.5 Å². The van der Waals surface area contributed by atoms with Crippen LogP contribution in [0.4, 0.5) is 0 Å². The van der Waals surface area contributed by atoms with Crippen molar-refractivity contribution in [2.75, 3.05) is 5.75 Å². The minimum Gasteiger partial charge on any atom is -0.353 e. The Hall–Kier alpha value is -1.82. The van der Waals surface area contributed by atoms with Gasteiger partial charge in [0, 0.05) is 18.7 Å². The molecule has 0 fully saturated rings. The van der Waals surface area contributed by atoms with E-state index in [9.17, 15) is 4.79 Å². The summed E-state index contributed by atoms with van der Waals surface area (Å²) in [5, 5.41) is 12.1. The topological polar surface area (TPSA) is 59.8 Å². The van der Waals surface area contributed by atoms with E-state index in [1.165, 1.54) is 11.8 Å². The van der Waals surface area contributed by atoms with Gasteiger partial charge >= 0.3 is 0 Å². The van der Waals surface area contributed by atoms with Gasteiger partial charge in [-0.15, -0.1) is 10.2 Å². The lowest BCUT2D eigenvalue weighted by Crippen LogP contribution is -2.37. The van der Waals surface area contributed by atoms with E-state index in [2.05, 4.69) is 29.4 Å². The van der Waals surface area contributed by atoms with Gasteiger partial charge in [0.2, 0.25) is 5.91 Å². The summed E-state index contributed by atoms with van der Waals surface area (Å²) in [6.45, 7) is 6.20. The second-order valence-electron chi connectivity index (χ2n) is 5.62. The fourth-order valence-electron chi connectivity index (χ4n) is 1.87. The van der Waals surface area contributed by atoms with Gasteiger partial charge in [0.1, 0.15) is 0 Å². The molecule has 0 aliphatic carbocycles. The molecule has 1 atom stereocenters. The Morgan fingerprint density at radius 1 is 1.23 bits per heavy atom. The standard InChI is InChI=1S/C16H22N4OS/c1-11(2)12(3)17-14(21)10-22-16-19-18-15(20(16)4)13-8-6-5-7-9-13/h5-9,11-12H,10H2,1-4H3,(H,17,21). The van der Waals surface area contributed by atoms with Crippen molar-refractivity contribution in [1.82, 2.24) is 20.1 Å². The maximum Gasteiger partial charge on any atom is 0.230 e. The molecule has 1 N–H and O–H groups in total. The van der Waals surface area contributed by atoms with E-state index in [1.54, 1.807) is 0 Å². The first-order valence-electron chi connectivity index (χ1n) is 7.36. The zero-order valence-electron chi connectivity index (χ0n) is 13.4. The van der Waals surface area contributed by atoms with Crippen LogP contribution in [0, 0.1) is 5.92 Å². The van der Waals surface area contributed by atoms with E-state index in [1.807, 2.05) is 48.9 Å². The molecular formula is C16H22N4OS. The molecule has 0 radical (unpaired) electrons. The van der Waals surface area contributed by atoms with Crippen LogP contribution in [0.25, 0.3) is 11.4 Å². The van der Waals surface area contributed by atoms with E-state index in [0.717, 1.165) is 16.5 Å². The number of hydrogen-bond acceptors (Lipinski definition) is 4. The quantitative estimate of drug-likeness (QED) is 0.832. The monoisotopic (exact) mass is 318 g/mol. The zero-order chi connectivity index (χ0) is 16.1. The summed E-state index contributed by atoms with van der Waals surface area (Å²) >= 11 is 1.40. The fraction of sp³-hybridized carbons (Fsp3) is 0.438. The van der Waals surface area contributed by atoms with Gasteiger partial charge in [-0.3, -0.25) is 4.79 Å². The molecule has 2 rings (SSSR count). The lowest BCUT2D eigenvalue weighted by atomic mass is 10.1. The van der Waals surface area contributed by atoms with Crippen LogP contribution in [0.1, 0.15) is 20.8 Å². The summed E-state index contributed by atoms with van der Waals surface area (Å²) in [6, 6.07) is 10.1. The number of nitrogens with one attached hydrogen (secondary N) is 1. The summed E-state index contributed by atoms with van der Waals surface area (Å²) in [5.74, 6) is 1.60. The highest BCUT2D eigenvalue weighted by Gasteiger charge is 2.14. The summed E-state index contributed by atoms with van der Waals surface area (Å²) in [5.41, 5.74) is 1.02. The van der Waals surface area contributed by atoms with Gasteiger partial charge in [0.25, 0.3) is 0 Å². The van der Waals surface area contributed by atoms with Gasteiger partial charge in [-0.05, 0) is 12.8 Å². The van der Waals surface area contributed by atoms with Crippen molar-refractivity contribution in [1.29, 1.82) is 0 Å². The van der Waals surface area contributed by atoms with Crippen molar-refractivity contribution in [3.05, 3.63) is 30.3 Å². The Morgan fingerprint density at radius 2 is 1.91 bits per heavy atom. The van der Waals surface area contributed by atoms with Crippen LogP contribution in [0.5, 0.6) is 0 Å². The Morgan fingerprint density at radius 3 is 2.55 bits per heavy atom. The largest absolute Gasteiger partial charge is 0.353 e. The molecule has 0 aliphatic rings. The molecule has 0 saturated carbocycles. The number of aromatic nitrogens is 3. The lowest BCUT2D eigenvalue weighted by molar-refractivity contribution is -0.119. The second-order valence-corrected chi connectivity index (χ2v) is 6.56. The molecular weight excluding hydrogens is 296 g/mol. The molecule has 0 aliphatic heterocycles. The molecule has 1 aromatic heterocycles. The SMILES string of the molecule is CC(C)C(C)NC(=O)CSc1nnc(-c2ccccc2)n1C. The highest BCUT2D eigenvalue weighted by Crippen LogP contribution is 2.22. The minimum atomic E-state index is 0.0236. The Bertz CT molecular complexity index is 624. The normalized spacial score (nSPS) is 12.4. The molecule has 22 heavy (non-hydrogen) atoms. The molecule has 6 heteroatoms. The average molecular weight is 318 g/mol. The first kappa shape index (κ1) is 16.5. The highest BCUT2D eigenvalue weighted by molar-refractivity contribution is 7.99. The van der Waals surface area contributed by atoms with E-state index in [0.29, 0.717) is 11.7 Å². The van der Waals surface area contributed by atoms with Gasteiger partial charge < -0.3 is 9.88 Å². The van der Waals surface area contributed by atoms with Gasteiger partial charge in [-0.25, -0.2) is 0 Å². The Kier molecular flexibility index (Phi) is 5.60. The number of rotatable bonds is 6. The predicted octanol–water partition coefficient (Wildman–Crippen LogP) is 2.73. The molecule has 0 saturated heterocycles. The molecule has 1 heterocycles. The number of thioether (sulfide) groups is 1. The molecule has 5 nitrogen and oxygen atoms in total. The highest BCUT2D eigenvalue weighted by atomic mass is 32.2. The van der Waals surface area contributed by atoms with Crippen molar-refractivity contribution in [3.8, 4) is 11.4 Å². The minimum absolute atomic E-state index is 0.0236. The summed E-state index contributed by atoms with van der Waals surface area (Å²) in [6.07, 6.45) is 0. The van der Waals surface area contributed by atoms with E-state index in [-0.39, 0.29) is 11.9 Å². The van der Waals surface area contributed by atoms with Crippen LogP contribution in [-0.2, 0) is 11.8 Å². The Balaban J connectivity index is 1.97. The third kappa shape index (κ3) is 4.10. The van der Waals surface area contributed by atoms with Crippen molar-refractivity contribution in [2.45, 2.75) is 32.0 Å². The smallest absolute Gasteiger partial charge is 0.230 e. The zero-order valence-corrected chi connectivity index (χ0v) is 14.2. The van der Waals surface area contributed by atoms with Crippen LogP contribution >= 0.6 is 11.8 Å². The fourth-order valence-corrected chi connectivity index (χ4v) is 2.59. The molecule has 0 spiro atoms. The molecule has 0 bridgehead atoms. The number of carbonyl (C=O) groups is 1. The Labute approximate surface area is 135 Å². The predicted molar refractivity (Wildman–Crippen MR) is 89.6 cm³/mol. The van der Waals surface area contributed by atoms with Crippen molar-refractivity contribution in [2.24, 2.45) is 13.0 Å². The summed E-state index contributed by atoms with van der Waals surface area (Å²) in [7, 11) is 1.92. The first-order chi connectivity index (χ1) is 10.5. The van der Waals surface area contributed by atoms with Crippen molar-refractivity contribution in [3.63, 3.8) is 0 Å². The van der Waals surface area contributed by atoms with E-state index in [4.69, 9.17) is 0 Å².